The molecule has 13 nitrogen and oxygen atoms in total. The van der Waals surface area contributed by atoms with Gasteiger partial charge in [-0.05, 0) is 60.7 Å². The Morgan fingerprint density at radius 2 is 1.52 bits per heavy atom. The number of carbonyl (C=O) groups excluding carboxylic acids is 1. The number of fused-ring (bicyclic) bond motifs is 2. The molecule has 7 rings (SSSR count). The highest BCUT2D eigenvalue weighted by atomic mass is 35.5. The zero-order chi connectivity index (χ0) is 30.6. The van der Waals surface area contributed by atoms with E-state index < -0.39 is 5.69 Å². The van der Waals surface area contributed by atoms with Crippen molar-refractivity contribution in [2.24, 2.45) is 4.99 Å². The number of imidazole rings is 1. The van der Waals surface area contributed by atoms with E-state index in [9.17, 15) is 14.7 Å². The van der Waals surface area contributed by atoms with Crippen LogP contribution in [-0.4, -0.2) is 50.6 Å². The summed E-state index contributed by atoms with van der Waals surface area (Å²) in [6, 6.07) is 17.9. The highest BCUT2D eigenvalue weighted by Gasteiger charge is 2.07. The van der Waals surface area contributed by atoms with E-state index in [-0.39, 0.29) is 11.6 Å². The monoisotopic (exact) mass is 626 g/mol. The Balaban J connectivity index is 0.000000162. The summed E-state index contributed by atoms with van der Waals surface area (Å²) in [5, 5.41) is 23.0. The SMILES string of the molecule is O=Cc1cnn2ccc(Nc3ccc(Cl)cc3)nc12.O=c1[nH]c(O)c(C=c2cnn3ccc(=Nc4ccc(Cl)cc4)nc23)[nH]1. The van der Waals surface area contributed by atoms with Crippen LogP contribution in [0.15, 0.2) is 95.2 Å². The third kappa shape index (κ3) is 6.33. The van der Waals surface area contributed by atoms with Gasteiger partial charge in [-0.25, -0.2) is 28.8 Å². The molecule has 5 heterocycles. The van der Waals surface area contributed by atoms with Gasteiger partial charge in [-0.15, -0.1) is 0 Å². The van der Waals surface area contributed by atoms with Crippen LogP contribution in [0.3, 0.4) is 0 Å². The Morgan fingerprint density at radius 3 is 2.23 bits per heavy atom. The van der Waals surface area contributed by atoms with Crippen LogP contribution in [0.1, 0.15) is 16.1 Å². The van der Waals surface area contributed by atoms with Gasteiger partial charge in [0.2, 0.25) is 5.88 Å². The summed E-state index contributed by atoms with van der Waals surface area (Å²) in [5.41, 5.74) is 3.36. The third-order valence-corrected chi connectivity index (χ3v) is 6.63. The molecule has 0 saturated heterocycles. The fraction of sp³-hybridized carbons (Fsp3) is 0. The van der Waals surface area contributed by atoms with Crippen LogP contribution < -0.4 is 21.7 Å². The van der Waals surface area contributed by atoms with E-state index in [1.165, 1.54) is 6.20 Å². The zero-order valence-corrected chi connectivity index (χ0v) is 23.9. The number of nitrogens with one attached hydrogen (secondary N) is 3. The summed E-state index contributed by atoms with van der Waals surface area (Å²) >= 11 is 11.7. The Labute approximate surface area is 256 Å². The summed E-state index contributed by atoms with van der Waals surface area (Å²) in [7, 11) is 0. The quantitative estimate of drug-likeness (QED) is 0.209. The van der Waals surface area contributed by atoms with Crippen molar-refractivity contribution in [3.63, 3.8) is 0 Å². The molecule has 0 spiro atoms. The highest BCUT2D eigenvalue weighted by Crippen LogP contribution is 2.19. The Kier molecular flexibility index (Phi) is 7.86. The molecule has 0 atom stereocenters. The maximum atomic E-state index is 11.2. The summed E-state index contributed by atoms with van der Waals surface area (Å²) in [6.07, 6.45) is 8.86. The van der Waals surface area contributed by atoms with Crippen molar-refractivity contribution >= 4 is 64.1 Å². The number of aromatic nitrogens is 8. The van der Waals surface area contributed by atoms with Gasteiger partial charge >= 0.3 is 5.69 Å². The number of H-pyrrole nitrogens is 2. The molecule has 4 N–H and O–H groups in total. The molecule has 0 bridgehead atoms. The average Bonchev–Trinajstić information content (AvgIpc) is 3.71. The summed E-state index contributed by atoms with van der Waals surface area (Å²) in [6.45, 7) is 0. The molecule has 44 heavy (non-hydrogen) atoms. The van der Waals surface area contributed by atoms with E-state index in [2.05, 4.69) is 40.4 Å². The Morgan fingerprint density at radius 1 is 0.841 bits per heavy atom. The molecule has 0 amide bonds. The van der Waals surface area contributed by atoms with Gasteiger partial charge in [0.25, 0.3) is 0 Å². The number of anilines is 2. The fourth-order valence-corrected chi connectivity index (χ4v) is 4.31. The van der Waals surface area contributed by atoms with Gasteiger partial charge in [-0.2, -0.15) is 10.2 Å². The van der Waals surface area contributed by atoms with Crippen molar-refractivity contribution in [2.45, 2.75) is 0 Å². The lowest BCUT2D eigenvalue weighted by molar-refractivity contribution is 0.112. The van der Waals surface area contributed by atoms with Crippen LogP contribution in [0.5, 0.6) is 5.88 Å². The molecule has 218 valence electrons. The number of aromatic hydroxyl groups is 1. The minimum Gasteiger partial charge on any atom is -0.493 e. The standard InChI is InChI=1S/C16H11ClN6O2.C13H9ClN4O/c17-10-1-3-11(4-2-10)19-13-5-6-23-14(21-13)9(8-18-23)7-12-15(24)22-16(25)20-12;14-10-1-3-11(4-2-10)16-12-5-6-18-13(17-12)9(8-19)7-15-18/h1-8,24H,(H2,20,22,25);1-8H,(H,16,17). The first kappa shape index (κ1) is 28.3. The number of nitrogens with zero attached hydrogens (tertiary/aromatic N) is 7. The lowest BCUT2D eigenvalue weighted by atomic mass is 10.3. The van der Waals surface area contributed by atoms with Gasteiger partial charge in [-0.3, -0.25) is 9.78 Å². The van der Waals surface area contributed by atoms with E-state index >= 15 is 0 Å². The fourth-order valence-electron chi connectivity index (χ4n) is 4.06. The van der Waals surface area contributed by atoms with Crippen LogP contribution in [0, 0.1) is 0 Å². The summed E-state index contributed by atoms with van der Waals surface area (Å²) in [4.78, 5) is 40.1. The van der Waals surface area contributed by atoms with Crippen LogP contribution in [0.4, 0.5) is 17.2 Å². The van der Waals surface area contributed by atoms with Crippen molar-refractivity contribution in [3.05, 3.63) is 128 Å². The maximum absolute atomic E-state index is 11.2. The maximum Gasteiger partial charge on any atom is 0.326 e. The van der Waals surface area contributed by atoms with Crippen LogP contribution >= 0.6 is 23.2 Å². The van der Waals surface area contributed by atoms with Crippen LogP contribution in [0.2, 0.25) is 10.0 Å². The van der Waals surface area contributed by atoms with Crippen LogP contribution in [0.25, 0.3) is 17.4 Å². The number of benzene rings is 2. The first-order chi connectivity index (χ1) is 21.3. The average molecular weight is 627 g/mol. The van der Waals surface area contributed by atoms with Gasteiger partial charge < -0.3 is 15.4 Å². The molecule has 0 aliphatic heterocycles. The molecule has 0 unspecified atom stereocenters. The third-order valence-electron chi connectivity index (χ3n) is 6.13. The van der Waals surface area contributed by atoms with Crippen molar-refractivity contribution in [1.29, 1.82) is 0 Å². The van der Waals surface area contributed by atoms with Gasteiger partial charge in [0.1, 0.15) is 11.5 Å². The number of aldehydes is 1. The molecule has 7 aromatic rings. The van der Waals surface area contributed by atoms with Crippen molar-refractivity contribution in [3.8, 4) is 5.88 Å². The molecule has 0 fully saturated rings. The van der Waals surface area contributed by atoms with Gasteiger partial charge in [-0.1, -0.05) is 23.2 Å². The second-order valence-corrected chi connectivity index (χ2v) is 10.0. The van der Waals surface area contributed by atoms with Crippen molar-refractivity contribution in [1.82, 2.24) is 39.2 Å². The minimum atomic E-state index is -0.494. The highest BCUT2D eigenvalue weighted by molar-refractivity contribution is 6.30. The van der Waals surface area contributed by atoms with E-state index in [0.717, 1.165) is 17.7 Å². The zero-order valence-electron chi connectivity index (χ0n) is 22.4. The number of hydrogen-bond acceptors (Lipinski definition) is 9. The van der Waals surface area contributed by atoms with Gasteiger partial charge in [0.15, 0.2) is 23.1 Å². The molecule has 2 aromatic carbocycles. The number of aromatic amines is 2. The van der Waals surface area contributed by atoms with Gasteiger partial charge in [0, 0.05) is 39.4 Å². The van der Waals surface area contributed by atoms with Crippen molar-refractivity contribution < 1.29 is 9.90 Å². The molecule has 0 saturated carbocycles. The lowest BCUT2D eigenvalue weighted by Gasteiger charge is -2.05. The Bertz CT molecular complexity index is 2290. The number of hydrogen-bond donors (Lipinski definition) is 4. The van der Waals surface area contributed by atoms with E-state index in [1.54, 1.807) is 82.2 Å². The predicted octanol–water partition coefficient (Wildman–Crippen LogP) is 3.82. The minimum absolute atomic E-state index is 0.244. The summed E-state index contributed by atoms with van der Waals surface area (Å²) < 4.78 is 3.13. The molecule has 0 radical (unpaired) electrons. The second kappa shape index (κ2) is 12.2. The first-order valence-electron chi connectivity index (χ1n) is 12.8. The smallest absolute Gasteiger partial charge is 0.326 e. The first-order valence-corrected chi connectivity index (χ1v) is 13.6. The Hall–Kier alpha value is -5.79. The van der Waals surface area contributed by atoms with Gasteiger partial charge in [0.05, 0.1) is 23.6 Å². The summed E-state index contributed by atoms with van der Waals surface area (Å²) in [5.74, 6) is 0.393. The van der Waals surface area contributed by atoms with Crippen molar-refractivity contribution in [2.75, 3.05) is 5.32 Å². The van der Waals surface area contributed by atoms with E-state index in [1.807, 2.05) is 12.1 Å². The largest absolute Gasteiger partial charge is 0.493 e. The topological polar surface area (TPSA) is 171 Å². The van der Waals surface area contributed by atoms with E-state index in [0.29, 0.717) is 43.4 Å². The normalized spacial score (nSPS) is 12.0. The van der Waals surface area contributed by atoms with Crippen LogP contribution in [-0.2, 0) is 0 Å². The van der Waals surface area contributed by atoms with E-state index in [4.69, 9.17) is 23.2 Å². The molecular weight excluding hydrogens is 607 g/mol. The molecule has 15 heteroatoms. The molecule has 5 aromatic heterocycles. The second-order valence-electron chi connectivity index (χ2n) is 9.16. The number of rotatable bonds is 5. The molecular formula is C29H20Cl2N10O3. The lowest BCUT2D eigenvalue weighted by Crippen LogP contribution is -2.12. The molecule has 0 aliphatic carbocycles. The predicted molar refractivity (Wildman–Crippen MR) is 165 cm³/mol. The molecule has 0 aliphatic rings. The number of halogens is 2. The number of carbonyl (C=O) groups is 1.